The molecule has 1 heterocycles. The van der Waals surface area contributed by atoms with Crippen LogP contribution in [-0.4, -0.2) is 69.9 Å². The second-order valence-electron chi connectivity index (χ2n) is 13.8. The maximum atomic E-state index is 13.0. The van der Waals surface area contributed by atoms with Gasteiger partial charge in [0.05, 0.1) is 13.2 Å². The summed E-state index contributed by atoms with van der Waals surface area (Å²) in [5.41, 5.74) is 6.43. The molecule has 1 saturated heterocycles. The standard InChI is InChI=1S/C40H46O8Si/c1-49(2,3)23-22-43-39-38(45-25-29-16-8-5-9-17-29)37(44-24-28-14-6-4-7-15-28)36(41)35(48-39)27-47-40(42)46-26-34-32-20-12-10-18-30(32)31-19-11-13-21-33(31)34/h4-21,34-39,41H,22-27H2,1-3H3/t35-,36-,37+,38-,39-/m1/s1. The third-order valence-corrected chi connectivity index (χ3v) is 10.7. The zero-order chi connectivity index (χ0) is 34.2. The first-order valence-corrected chi connectivity index (χ1v) is 20.7. The van der Waals surface area contributed by atoms with E-state index in [1.165, 1.54) is 0 Å². The van der Waals surface area contributed by atoms with Crippen LogP contribution >= 0.6 is 0 Å². The average molecular weight is 683 g/mol. The first-order chi connectivity index (χ1) is 23.8. The Morgan fingerprint density at radius 2 is 1.18 bits per heavy atom. The molecule has 4 aromatic carbocycles. The Kier molecular flexibility index (Phi) is 11.6. The maximum Gasteiger partial charge on any atom is 0.508 e. The number of fused-ring (bicyclic) bond motifs is 3. The van der Waals surface area contributed by atoms with E-state index in [1.54, 1.807) is 0 Å². The van der Waals surface area contributed by atoms with Crippen molar-refractivity contribution in [2.24, 2.45) is 0 Å². The van der Waals surface area contributed by atoms with Crippen molar-refractivity contribution in [3.63, 3.8) is 0 Å². The van der Waals surface area contributed by atoms with Gasteiger partial charge in [-0.25, -0.2) is 4.79 Å². The highest BCUT2D eigenvalue weighted by atomic mass is 28.3. The van der Waals surface area contributed by atoms with Gasteiger partial charge in [0, 0.05) is 20.6 Å². The lowest BCUT2D eigenvalue weighted by molar-refractivity contribution is -0.318. The summed E-state index contributed by atoms with van der Waals surface area (Å²) >= 11 is 0. The van der Waals surface area contributed by atoms with Crippen LogP contribution in [0.2, 0.25) is 25.7 Å². The normalized spacial score (nSPS) is 21.9. The minimum atomic E-state index is -1.42. The predicted molar refractivity (Wildman–Crippen MR) is 190 cm³/mol. The van der Waals surface area contributed by atoms with Crippen molar-refractivity contribution in [2.45, 2.75) is 75.5 Å². The smallest absolute Gasteiger partial charge is 0.433 e. The fraction of sp³-hybridized carbons (Fsp3) is 0.375. The third-order valence-electron chi connectivity index (χ3n) is 9.02. The number of hydrogen-bond donors (Lipinski definition) is 1. The molecule has 0 aromatic heterocycles. The van der Waals surface area contributed by atoms with Gasteiger partial charge in [0.25, 0.3) is 0 Å². The Bertz CT molecular complexity index is 1600. The molecule has 0 saturated carbocycles. The number of aliphatic hydroxyl groups is 1. The Balaban J connectivity index is 1.14. The van der Waals surface area contributed by atoms with Gasteiger partial charge in [-0.3, -0.25) is 0 Å². The van der Waals surface area contributed by atoms with Crippen LogP contribution in [0, 0.1) is 0 Å². The third kappa shape index (κ3) is 9.05. The summed E-state index contributed by atoms with van der Waals surface area (Å²) in [6, 6.07) is 36.8. The Labute approximate surface area is 289 Å². The zero-order valence-corrected chi connectivity index (χ0v) is 29.4. The molecule has 0 spiro atoms. The maximum absolute atomic E-state index is 13.0. The molecule has 5 atom stereocenters. The van der Waals surface area contributed by atoms with Gasteiger partial charge in [-0.15, -0.1) is 0 Å². The molecule has 4 aromatic rings. The van der Waals surface area contributed by atoms with E-state index in [4.69, 9.17) is 28.4 Å². The highest BCUT2D eigenvalue weighted by molar-refractivity contribution is 6.76. The first kappa shape index (κ1) is 35.0. The minimum Gasteiger partial charge on any atom is -0.433 e. The van der Waals surface area contributed by atoms with Crippen LogP contribution in [0.5, 0.6) is 0 Å². The molecule has 2 aliphatic rings. The molecule has 258 valence electrons. The molecule has 9 heteroatoms. The molecule has 1 aliphatic carbocycles. The van der Waals surface area contributed by atoms with Crippen LogP contribution in [0.3, 0.4) is 0 Å². The number of rotatable bonds is 14. The second kappa shape index (κ2) is 16.2. The Morgan fingerprint density at radius 3 is 1.76 bits per heavy atom. The lowest BCUT2D eigenvalue weighted by Gasteiger charge is -2.44. The van der Waals surface area contributed by atoms with Gasteiger partial charge in [0.15, 0.2) is 6.29 Å². The van der Waals surface area contributed by atoms with Gasteiger partial charge in [-0.1, -0.05) is 129 Å². The van der Waals surface area contributed by atoms with Gasteiger partial charge < -0.3 is 33.5 Å². The molecule has 1 fully saturated rings. The van der Waals surface area contributed by atoms with Crippen LogP contribution in [0.15, 0.2) is 109 Å². The number of carbonyl (C=O) groups excluding carboxylic acids is 1. The fourth-order valence-corrected chi connectivity index (χ4v) is 7.06. The first-order valence-electron chi connectivity index (χ1n) is 17.0. The molecule has 0 radical (unpaired) electrons. The summed E-state index contributed by atoms with van der Waals surface area (Å²) < 4.78 is 36.7. The molecular weight excluding hydrogens is 637 g/mol. The quantitative estimate of drug-likeness (QED) is 0.108. The van der Waals surface area contributed by atoms with Gasteiger partial charge in [-0.2, -0.15) is 0 Å². The molecule has 6 rings (SSSR count). The van der Waals surface area contributed by atoms with Gasteiger partial charge in [-0.05, 0) is 39.4 Å². The molecule has 0 unspecified atom stereocenters. The van der Waals surface area contributed by atoms with Crippen molar-refractivity contribution < 1.29 is 38.3 Å². The van der Waals surface area contributed by atoms with E-state index in [0.717, 1.165) is 39.4 Å². The van der Waals surface area contributed by atoms with Crippen molar-refractivity contribution >= 4 is 14.2 Å². The molecule has 1 N–H and O–H groups in total. The summed E-state index contributed by atoms with van der Waals surface area (Å²) in [6.45, 7) is 7.71. The average Bonchev–Trinajstić information content (AvgIpc) is 3.43. The van der Waals surface area contributed by atoms with Crippen LogP contribution in [-0.2, 0) is 41.6 Å². The van der Waals surface area contributed by atoms with E-state index in [1.807, 2.05) is 84.9 Å². The molecule has 1 aliphatic heterocycles. The van der Waals surface area contributed by atoms with Gasteiger partial charge in [0.1, 0.15) is 37.6 Å². The van der Waals surface area contributed by atoms with Crippen LogP contribution in [0.4, 0.5) is 4.79 Å². The van der Waals surface area contributed by atoms with Crippen LogP contribution in [0.25, 0.3) is 11.1 Å². The molecule has 49 heavy (non-hydrogen) atoms. The van der Waals surface area contributed by atoms with E-state index >= 15 is 0 Å². The van der Waals surface area contributed by atoms with Gasteiger partial charge >= 0.3 is 6.16 Å². The van der Waals surface area contributed by atoms with Crippen molar-refractivity contribution in [3.8, 4) is 11.1 Å². The Morgan fingerprint density at radius 1 is 0.673 bits per heavy atom. The van der Waals surface area contributed by atoms with Crippen molar-refractivity contribution in [1.29, 1.82) is 0 Å². The number of benzene rings is 4. The number of ether oxygens (including phenoxy) is 6. The van der Waals surface area contributed by atoms with E-state index < -0.39 is 44.9 Å². The summed E-state index contributed by atoms with van der Waals surface area (Å²) in [5.74, 6) is -0.0982. The van der Waals surface area contributed by atoms with E-state index in [-0.39, 0.29) is 32.3 Å². The Hall–Kier alpha value is -3.83. The summed E-state index contributed by atoms with van der Waals surface area (Å²) in [7, 11) is -1.42. The molecule has 8 nitrogen and oxygen atoms in total. The fourth-order valence-electron chi connectivity index (χ4n) is 6.33. The van der Waals surface area contributed by atoms with E-state index in [9.17, 15) is 9.90 Å². The highest BCUT2D eigenvalue weighted by Gasteiger charge is 2.48. The molecular formula is C40H46O8Si. The zero-order valence-electron chi connectivity index (χ0n) is 28.4. The van der Waals surface area contributed by atoms with Crippen LogP contribution < -0.4 is 0 Å². The van der Waals surface area contributed by atoms with Crippen molar-refractivity contribution in [3.05, 3.63) is 131 Å². The minimum absolute atomic E-state index is 0.0982. The summed E-state index contributed by atoms with van der Waals surface area (Å²) in [5, 5.41) is 11.7. The van der Waals surface area contributed by atoms with Crippen LogP contribution in [0.1, 0.15) is 28.2 Å². The lowest BCUT2D eigenvalue weighted by Crippen LogP contribution is -2.61. The predicted octanol–water partition coefficient (Wildman–Crippen LogP) is 7.56. The van der Waals surface area contributed by atoms with Crippen molar-refractivity contribution in [1.82, 2.24) is 0 Å². The molecule has 0 amide bonds. The summed E-state index contributed by atoms with van der Waals surface area (Å²) in [4.78, 5) is 13.0. The summed E-state index contributed by atoms with van der Waals surface area (Å²) in [6.07, 6.45) is -5.38. The number of carbonyl (C=O) groups is 1. The second-order valence-corrected chi connectivity index (χ2v) is 19.5. The largest absolute Gasteiger partial charge is 0.508 e. The topological polar surface area (TPSA) is 92.7 Å². The lowest BCUT2D eigenvalue weighted by atomic mass is 9.98. The molecule has 0 bridgehead atoms. The van der Waals surface area contributed by atoms with Gasteiger partial charge in [0.2, 0.25) is 0 Å². The van der Waals surface area contributed by atoms with E-state index in [2.05, 4.69) is 43.9 Å². The number of aliphatic hydroxyl groups excluding tert-OH is 1. The van der Waals surface area contributed by atoms with E-state index in [0.29, 0.717) is 6.61 Å². The number of hydrogen-bond acceptors (Lipinski definition) is 8. The van der Waals surface area contributed by atoms with Crippen molar-refractivity contribution in [2.75, 3.05) is 19.8 Å². The highest BCUT2D eigenvalue weighted by Crippen LogP contribution is 2.44. The monoisotopic (exact) mass is 682 g/mol. The SMILES string of the molecule is C[Si](C)(C)CCO[C@@H]1O[C@H](COC(=O)OCC2c3ccccc3-c3ccccc32)[C@@H](O)[C@H](OCc2ccccc2)[C@H]1OCc1ccccc1.